The van der Waals surface area contributed by atoms with Gasteiger partial charge in [0.05, 0.1) is 2.74 Å². The van der Waals surface area contributed by atoms with Crippen molar-refractivity contribution >= 4 is 10.9 Å². The Hall–Kier alpha value is -2.80. The third kappa shape index (κ3) is 2.31. The van der Waals surface area contributed by atoms with E-state index >= 15 is 0 Å². The van der Waals surface area contributed by atoms with Gasteiger partial charge in [-0.3, -0.25) is 0 Å². The summed E-state index contributed by atoms with van der Waals surface area (Å²) < 4.78 is 19.1. The fourth-order valence-corrected chi connectivity index (χ4v) is 2.77. The SMILES string of the molecule is [2H]C([2H])(c1ccccc1)n1cc(-c2ccccc2)c2ccccc21. The molecule has 0 atom stereocenters. The van der Waals surface area contributed by atoms with Crippen molar-refractivity contribution in [1.29, 1.82) is 0 Å². The molecule has 0 radical (unpaired) electrons. The summed E-state index contributed by atoms with van der Waals surface area (Å²) in [6.07, 6.45) is 1.92. The quantitative estimate of drug-likeness (QED) is 0.478. The topological polar surface area (TPSA) is 4.93 Å². The summed E-state index contributed by atoms with van der Waals surface area (Å²) in [5.41, 5.74) is 3.68. The first-order valence-electron chi connectivity index (χ1n) is 8.39. The molecule has 1 nitrogen and oxygen atoms in total. The van der Waals surface area contributed by atoms with Gasteiger partial charge in [-0.15, -0.1) is 0 Å². The fourth-order valence-electron chi connectivity index (χ4n) is 2.77. The monoisotopic (exact) mass is 285 g/mol. The summed E-state index contributed by atoms with van der Waals surface area (Å²) >= 11 is 0. The van der Waals surface area contributed by atoms with Gasteiger partial charge in [0, 0.05) is 29.2 Å². The van der Waals surface area contributed by atoms with Gasteiger partial charge in [0.2, 0.25) is 0 Å². The van der Waals surface area contributed by atoms with E-state index in [0.29, 0.717) is 5.56 Å². The maximum atomic E-state index is 8.70. The van der Waals surface area contributed by atoms with E-state index in [4.69, 9.17) is 2.74 Å². The van der Waals surface area contributed by atoms with E-state index in [2.05, 4.69) is 18.2 Å². The standard InChI is InChI=1S/C21H17N/c1-3-9-17(10-4-1)15-22-16-20(18-11-5-2-6-12-18)19-13-7-8-14-21(19)22/h1-14,16H,15H2/i15D2. The summed E-state index contributed by atoms with van der Waals surface area (Å²) in [6.45, 7) is -1.62. The lowest BCUT2D eigenvalue weighted by Gasteiger charge is -2.05. The van der Waals surface area contributed by atoms with Crippen molar-refractivity contribution < 1.29 is 2.74 Å². The van der Waals surface area contributed by atoms with Gasteiger partial charge in [0.15, 0.2) is 0 Å². The third-order valence-corrected chi connectivity index (χ3v) is 3.82. The first-order valence-corrected chi connectivity index (χ1v) is 7.39. The lowest BCUT2D eigenvalue weighted by atomic mass is 10.1. The predicted octanol–water partition coefficient (Wildman–Crippen LogP) is 5.36. The number of rotatable bonds is 3. The van der Waals surface area contributed by atoms with Crippen molar-refractivity contribution in [3.8, 4) is 11.1 Å². The van der Waals surface area contributed by atoms with E-state index in [9.17, 15) is 0 Å². The number of hydrogen-bond acceptors (Lipinski definition) is 0. The van der Waals surface area contributed by atoms with E-state index in [1.807, 2.05) is 72.9 Å². The molecule has 0 fully saturated rings. The normalized spacial score (nSPS) is 12.9. The molecule has 0 unspecified atom stereocenters. The van der Waals surface area contributed by atoms with Crippen molar-refractivity contribution in [3.63, 3.8) is 0 Å². The van der Waals surface area contributed by atoms with Gasteiger partial charge in [-0.2, -0.15) is 0 Å². The second-order valence-electron chi connectivity index (χ2n) is 5.27. The van der Waals surface area contributed by atoms with Crippen LogP contribution in [0.25, 0.3) is 22.0 Å². The summed E-state index contributed by atoms with van der Waals surface area (Å²) in [5, 5.41) is 1.06. The number of hydrogen-bond donors (Lipinski definition) is 0. The molecule has 0 aliphatic carbocycles. The summed E-state index contributed by atoms with van der Waals surface area (Å²) in [7, 11) is 0. The van der Waals surface area contributed by atoms with Crippen molar-refractivity contribution in [1.82, 2.24) is 4.57 Å². The van der Waals surface area contributed by atoms with Crippen LogP contribution in [0, 0.1) is 0 Å². The molecule has 0 spiro atoms. The van der Waals surface area contributed by atoms with Crippen LogP contribution in [0.2, 0.25) is 0 Å². The minimum absolute atomic E-state index is 0.644. The molecule has 0 saturated carbocycles. The average molecular weight is 285 g/mol. The smallest absolute Gasteiger partial charge is 0.0548 e. The van der Waals surface area contributed by atoms with Crippen LogP contribution in [0.5, 0.6) is 0 Å². The molecule has 0 amide bonds. The number of nitrogens with zero attached hydrogens (tertiary/aromatic N) is 1. The number of para-hydroxylation sites is 1. The van der Waals surface area contributed by atoms with Crippen molar-refractivity contribution in [2.24, 2.45) is 0 Å². The van der Waals surface area contributed by atoms with Crippen LogP contribution in [0.15, 0.2) is 91.1 Å². The fraction of sp³-hybridized carbons (Fsp3) is 0.0476. The molecule has 1 heteroatoms. The maximum absolute atomic E-state index is 8.70. The second-order valence-corrected chi connectivity index (χ2v) is 5.27. The highest BCUT2D eigenvalue weighted by molar-refractivity contribution is 5.96. The van der Waals surface area contributed by atoms with Gasteiger partial charge in [-0.25, -0.2) is 0 Å². The van der Waals surface area contributed by atoms with Crippen LogP contribution in [0.3, 0.4) is 0 Å². The number of aromatic nitrogens is 1. The molecule has 22 heavy (non-hydrogen) atoms. The zero-order valence-electron chi connectivity index (χ0n) is 14.1. The highest BCUT2D eigenvalue weighted by atomic mass is 15.0. The molecule has 1 heterocycles. The molecular formula is C21H17N. The summed E-state index contributed by atoms with van der Waals surface area (Å²) in [6, 6.07) is 27.4. The predicted molar refractivity (Wildman–Crippen MR) is 92.9 cm³/mol. The number of benzene rings is 3. The molecular weight excluding hydrogens is 266 g/mol. The van der Waals surface area contributed by atoms with Gasteiger partial charge in [-0.1, -0.05) is 78.9 Å². The Morgan fingerprint density at radius 3 is 2.14 bits per heavy atom. The van der Waals surface area contributed by atoms with E-state index in [1.54, 1.807) is 4.57 Å². The maximum Gasteiger partial charge on any atom is 0.0548 e. The Morgan fingerprint density at radius 1 is 0.727 bits per heavy atom. The first-order chi connectivity index (χ1) is 11.7. The van der Waals surface area contributed by atoms with Crippen LogP contribution in [0.4, 0.5) is 0 Å². The first kappa shape index (κ1) is 10.9. The van der Waals surface area contributed by atoms with E-state index in [-0.39, 0.29) is 0 Å². The summed E-state index contributed by atoms with van der Waals surface area (Å²) in [5.74, 6) is 0. The molecule has 0 aliphatic rings. The molecule has 106 valence electrons. The Bertz CT molecular complexity index is 973. The van der Waals surface area contributed by atoms with Crippen LogP contribution in [-0.4, -0.2) is 4.57 Å². The molecule has 0 aliphatic heterocycles. The molecule has 1 aromatic heterocycles. The summed E-state index contributed by atoms with van der Waals surface area (Å²) in [4.78, 5) is 0. The van der Waals surface area contributed by atoms with Gasteiger partial charge in [-0.05, 0) is 17.2 Å². The number of fused-ring (bicyclic) bond motifs is 1. The average Bonchev–Trinajstić information content (AvgIpc) is 3.04. The molecule has 3 aromatic carbocycles. The Morgan fingerprint density at radius 2 is 1.36 bits per heavy atom. The van der Waals surface area contributed by atoms with E-state index in [0.717, 1.165) is 22.0 Å². The van der Waals surface area contributed by atoms with E-state index in [1.165, 1.54) is 0 Å². The Balaban J connectivity index is 1.98. The Kier molecular flexibility index (Phi) is 2.73. The zero-order valence-corrected chi connectivity index (χ0v) is 12.1. The molecule has 0 N–H and O–H groups in total. The van der Waals surface area contributed by atoms with Crippen molar-refractivity contribution in [2.45, 2.75) is 6.50 Å². The Labute approximate surface area is 133 Å². The highest BCUT2D eigenvalue weighted by Gasteiger charge is 2.09. The van der Waals surface area contributed by atoms with Gasteiger partial charge >= 0.3 is 0 Å². The molecule has 0 bridgehead atoms. The van der Waals surface area contributed by atoms with Crippen molar-refractivity contribution in [3.05, 3.63) is 96.7 Å². The van der Waals surface area contributed by atoms with Gasteiger partial charge in [0.1, 0.15) is 0 Å². The van der Waals surface area contributed by atoms with Crippen LogP contribution >= 0.6 is 0 Å². The van der Waals surface area contributed by atoms with Crippen LogP contribution < -0.4 is 0 Å². The third-order valence-electron chi connectivity index (χ3n) is 3.82. The molecule has 0 saturated heterocycles. The second kappa shape index (κ2) is 5.53. The van der Waals surface area contributed by atoms with Gasteiger partial charge in [0.25, 0.3) is 0 Å². The van der Waals surface area contributed by atoms with E-state index < -0.39 is 6.50 Å². The molecule has 4 rings (SSSR count). The van der Waals surface area contributed by atoms with Gasteiger partial charge < -0.3 is 4.57 Å². The van der Waals surface area contributed by atoms with Crippen LogP contribution in [-0.2, 0) is 6.50 Å². The minimum Gasteiger partial charge on any atom is -0.342 e. The van der Waals surface area contributed by atoms with Crippen molar-refractivity contribution in [2.75, 3.05) is 0 Å². The lowest BCUT2D eigenvalue weighted by molar-refractivity contribution is 0.837. The highest BCUT2D eigenvalue weighted by Crippen LogP contribution is 2.30. The minimum atomic E-state index is -1.62. The largest absolute Gasteiger partial charge is 0.342 e. The van der Waals surface area contributed by atoms with Crippen LogP contribution in [0.1, 0.15) is 8.30 Å². The zero-order chi connectivity index (χ0) is 16.6. The molecule has 4 aromatic rings. The lowest BCUT2D eigenvalue weighted by Crippen LogP contribution is -1.97.